The number of likely N-dealkylation sites (tertiary alicyclic amines) is 1. The van der Waals surface area contributed by atoms with Gasteiger partial charge in [-0.1, -0.05) is 0 Å². The normalized spacial score (nSPS) is 24.9. The largest absolute Gasteiger partial charge is 0.480 e. The Labute approximate surface area is 79.5 Å². The Balaban J connectivity index is 2.48. The van der Waals surface area contributed by atoms with Crippen LogP contribution in [0.25, 0.3) is 0 Å². The summed E-state index contributed by atoms with van der Waals surface area (Å²) in [7, 11) is 0. The van der Waals surface area contributed by atoms with Crippen molar-refractivity contribution in [3.05, 3.63) is 0 Å². The molecule has 1 unspecified atom stereocenters. The monoisotopic (exact) mass is 211 g/mol. The third kappa shape index (κ3) is 3.17. The second-order valence-electron chi connectivity index (χ2n) is 3.51. The van der Waals surface area contributed by atoms with Gasteiger partial charge in [0.1, 0.15) is 0 Å². The number of aliphatic carboxylic acids is 1. The summed E-state index contributed by atoms with van der Waals surface area (Å²) in [6, 6.07) is 0. The zero-order valence-corrected chi connectivity index (χ0v) is 7.55. The summed E-state index contributed by atoms with van der Waals surface area (Å²) in [5, 5.41) is 8.43. The van der Waals surface area contributed by atoms with Crippen LogP contribution >= 0.6 is 0 Å². The number of carboxylic acid groups (broad SMARTS) is 1. The van der Waals surface area contributed by atoms with Gasteiger partial charge in [-0.05, 0) is 19.4 Å². The average molecular weight is 211 g/mol. The highest BCUT2D eigenvalue weighted by molar-refractivity contribution is 5.69. The van der Waals surface area contributed by atoms with Gasteiger partial charge in [-0.3, -0.25) is 9.69 Å². The number of carbonyl (C=O) groups is 1. The minimum atomic E-state index is -4.20. The Morgan fingerprint density at radius 2 is 2.14 bits per heavy atom. The lowest BCUT2D eigenvalue weighted by atomic mass is 9.97. The van der Waals surface area contributed by atoms with Crippen molar-refractivity contribution < 1.29 is 23.1 Å². The summed E-state index contributed by atoms with van der Waals surface area (Å²) in [5.74, 6) is -2.44. The van der Waals surface area contributed by atoms with Crippen molar-refractivity contribution in [2.45, 2.75) is 19.0 Å². The smallest absolute Gasteiger partial charge is 0.393 e. The minimum Gasteiger partial charge on any atom is -0.480 e. The Morgan fingerprint density at radius 3 is 2.64 bits per heavy atom. The first-order valence-electron chi connectivity index (χ1n) is 4.40. The lowest BCUT2D eigenvalue weighted by molar-refractivity contribution is -0.187. The van der Waals surface area contributed by atoms with Crippen molar-refractivity contribution in [2.24, 2.45) is 5.92 Å². The molecule has 0 spiro atoms. The summed E-state index contributed by atoms with van der Waals surface area (Å²) in [6.45, 7) is -0.0404. The molecule has 0 aromatic rings. The molecule has 0 aromatic carbocycles. The molecule has 0 aliphatic carbocycles. The van der Waals surface area contributed by atoms with Crippen molar-refractivity contribution in [1.82, 2.24) is 4.90 Å². The van der Waals surface area contributed by atoms with Crippen molar-refractivity contribution >= 4 is 5.97 Å². The van der Waals surface area contributed by atoms with Gasteiger partial charge < -0.3 is 5.11 Å². The zero-order valence-electron chi connectivity index (χ0n) is 7.55. The van der Waals surface area contributed by atoms with Crippen LogP contribution in [-0.2, 0) is 4.79 Å². The number of piperidine rings is 1. The fourth-order valence-corrected chi connectivity index (χ4v) is 1.66. The van der Waals surface area contributed by atoms with Crippen molar-refractivity contribution in [3.63, 3.8) is 0 Å². The molecule has 1 fully saturated rings. The highest BCUT2D eigenvalue weighted by atomic mass is 19.4. The topological polar surface area (TPSA) is 40.5 Å². The van der Waals surface area contributed by atoms with Gasteiger partial charge in [-0.25, -0.2) is 0 Å². The summed E-state index contributed by atoms with van der Waals surface area (Å²) in [5.41, 5.74) is 0. The molecule has 0 radical (unpaired) electrons. The van der Waals surface area contributed by atoms with E-state index in [1.165, 1.54) is 4.90 Å². The van der Waals surface area contributed by atoms with Gasteiger partial charge in [0.15, 0.2) is 0 Å². The van der Waals surface area contributed by atoms with Crippen LogP contribution in [0, 0.1) is 5.92 Å². The zero-order chi connectivity index (χ0) is 10.8. The third-order valence-electron chi connectivity index (χ3n) is 2.33. The van der Waals surface area contributed by atoms with Crippen LogP contribution < -0.4 is 0 Å². The maximum Gasteiger partial charge on any atom is 0.393 e. The maximum absolute atomic E-state index is 12.3. The molecular weight excluding hydrogens is 199 g/mol. The molecular formula is C8H12F3NO2. The fourth-order valence-electron chi connectivity index (χ4n) is 1.66. The van der Waals surface area contributed by atoms with Crippen molar-refractivity contribution in [2.75, 3.05) is 19.6 Å². The van der Waals surface area contributed by atoms with E-state index < -0.39 is 18.1 Å². The molecule has 0 aromatic heterocycles. The number of hydrogen-bond acceptors (Lipinski definition) is 2. The Bertz CT molecular complexity index is 217. The third-order valence-corrected chi connectivity index (χ3v) is 2.33. The number of hydrogen-bond donors (Lipinski definition) is 1. The predicted molar refractivity (Wildman–Crippen MR) is 42.9 cm³/mol. The highest BCUT2D eigenvalue weighted by Crippen LogP contribution is 2.32. The fraction of sp³-hybridized carbons (Fsp3) is 0.875. The number of carboxylic acids is 1. The highest BCUT2D eigenvalue weighted by Gasteiger charge is 2.41. The predicted octanol–water partition coefficient (Wildman–Crippen LogP) is 1.35. The number of nitrogens with zero attached hydrogens (tertiary/aromatic N) is 1. The van der Waals surface area contributed by atoms with Crippen molar-refractivity contribution in [1.29, 1.82) is 0 Å². The van der Waals surface area contributed by atoms with E-state index in [9.17, 15) is 18.0 Å². The van der Waals surface area contributed by atoms with E-state index in [-0.39, 0.29) is 19.5 Å². The van der Waals surface area contributed by atoms with Crippen LogP contribution in [0.1, 0.15) is 12.8 Å². The van der Waals surface area contributed by atoms with Crippen LogP contribution in [0.4, 0.5) is 13.2 Å². The Morgan fingerprint density at radius 1 is 1.50 bits per heavy atom. The molecule has 1 aliphatic heterocycles. The molecule has 6 heteroatoms. The van der Waals surface area contributed by atoms with E-state index in [1.54, 1.807) is 0 Å². The quantitative estimate of drug-likeness (QED) is 0.749. The molecule has 0 amide bonds. The molecule has 1 rings (SSSR count). The van der Waals surface area contributed by atoms with Gasteiger partial charge in [0.05, 0.1) is 12.5 Å². The van der Waals surface area contributed by atoms with Crippen LogP contribution in [-0.4, -0.2) is 41.8 Å². The van der Waals surface area contributed by atoms with Gasteiger partial charge in [0, 0.05) is 6.54 Å². The van der Waals surface area contributed by atoms with E-state index in [0.29, 0.717) is 13.0 Å². The standard InChI is InChI=1S/C8H12F3NO2/c9-8(10,11)6-2-1-3-12(4-6)5-7(13)14/h6H,1-5H2,(H,13,14). The number of halogens is 3. The molecule has 1 saturated heterocycles. The van der Waals surface area contributed by atoms with E-state index in [2.05, 4.69) is 0 Å². The van der Waals surface area contributed by atoms with Crippen LogP contribution in [0.5, 0.6) is 0 Å². The molecule has 1 N–H and O–H groups in total. The Kier molecular flexibility index (Phi) is 3.36. The minimum absolute atomic E-state index is 0.111. The van der Waals surface area contributed by atoms with Crippen molar-refractivity contribution in [3.8, 4) is 0 Å². The van der Waals surface area contributed by atoms with Gasteiger partial charge in [-0.2, -0.15) is 13.2 Å². The SMILES string of the molecule is O=C(O)CN1CCCC(C(F)(F)F)C1. The number of rotatable bonds is 2. The number of alkyl halides is 3. The van der Waals surface area contributed by atoms with Gasteiger partial charge in [0.25, 0.3) is 0 Å². The van der Waals surface area contributed by atoms with Gasteiger partial charge in [-0.15, -0.1) is 0 Å². The van der Waals surface area contributed by atoms with Crippen LogP contribution in [0.3, 0.4) is 0 Å². The Hall–Kier alpha value is -0.780. The molecule has 0 bridgehead atoms. The maximum atomic E-state index is 12.3. The molecule has 1 aliphatic rings. The lowest BCUT2D eigenvalue weighted by Gasteiger charge is -2.32. The van der Waals surface area contributed by atoms with E-state index >= 15 is 0 Å². The molecule has 14 heavy (non-hydrogen) atoms. The summed E-state index contributed by atoms with van der Waals surface area (Å²) >= 11 is 0. The lowest BCUT2D eigenvalue weighted by Crippen LogP contribution is -2.43. The molecule has 0 saturated carbocycles. The summed E-state index contributed by atoms with van der Waals surface area (Å²) in [6.07, 6.45) is -3.67. The average Bonchev–Trinajstić information content (AvgIpc) is 2.01. The van der Waals surface area contributed by atoms with Gasteiger partial charge in [0.2, 0.25) is 0 Å². The van der Waals surface area contributed by atoms with E-state index in [4.69, 9.17) is 5.11 Å². The van der Waals surface area contributed by atoms with Crippen LogP contribution in [0.15, 0.2) is 0 Å². The van der Waals surface area contributed by atoms with Crippen LogP contribution in [0.2, 0.25) is 0 Å². The molecule has 1 atom stereocenters. The summed E-state index contributed by atoms with van der Waals surface area (Å²) in [4.78, 5) is 11.6. The second-order valence-corrected chi connectivity index (χ2v) is 3.51. The molecule has 3 nitrogen and oxygen atoms in total. The van der Waals surface area contributed by atoms with E-state index in [1.807, 2.05) is 0 Å². The first-order chi connectivity index (χ1) is 6.39. The summed E-state index contributed by atoms with van der Waals surface area (Å²) < 4.78 is 36.8. The first-order valence-corrected chi connectivity index (χ1v) is 4.40. The molecule has 1 heterocycles. The second kappa shape index (κ2) is 4.16. The molecule has 82 valence electrons. The van der Waals surface area contributed by atoms with E-state index in [0.717, 1.165) is 0 Å². The first kappa shape index (κ1) is 11.3. The van der Waals surface area contributed by atoms with Gasteiger partial charge >= 0.3 is 12.1 Å².